The van der Waals surface area contributed by atoms with Gasteiger partial charge in [0.1, 0.15) is 16.9 Å². The Hall–Kier alpha value is -2.31. The minimum atomic E-state index is 0.624. The fraction of sp³-hybridized carbons (Fsp3) is 0.227. The summed E-state index contributed by atoms with van der Waals surface area (Å²) in [4.78, 5) is 16.1. The van der Waals surface area contributed by atoms with Crippen molar-refractivity contribution in [3.05, 3.63) is 72.4 Å². The van der Waals surface area contributed by atoms with E-state index in [2.05, 4.69) is 47.7 Å². The topological polar surface area (TPSA) is 50.7 Å². The third-order valence-electron chi connectivity index (χ3n) is 4.13. The minimum absolute atomic E-state index is 0.624. The van der Waals surface area contributed by atoms with Crippen molar-refractivity contribution in [2.45, 2.75) is 20.3 Å². The Kier molecular flexibility index (Phi) is 7.12. The van der Waals surface area contributed by atoms with Gasteiger partial charge in [0, 0.05) is 33.9 Å². The SMILES string of the molecule is C=C/C=C(\S)c1nc2ncc(C3=CCNC=C3)cc2nc1C1=CCCS1.CC. The number of thioether (sulfide) groups is 1. The van der Waals surface area contributed by atoms with Crippen LogP contribution in [-0.4, -0.2) is 27.2 Å². The van der Waals surface area contributed by atoms with Crippen LogP contribution < -0.4 is 5.32 Å². The number of pyridine rings is 1. The highest BCUT2D eigenvalue weighted by Crippen LogP contribution is 2.37. The number of thiol groups is 1. The first-order valence-electron chi connectivity index (χ1n) is 9.40. The van der Waals surface area contributed by atoms with Crippen molar-refractivity contribution in [2.24, 2.45) is 0 Å². The first-order valence-corrected chi connectivity index (χ1v) is 10.8. The Morgan fingerprint density at radius 2 is 2.14 bits per heavy atom. The normalized spacial score (nSPS) is 16.0. The third kappa shape index (κ3) is 4.39. The minimum Gasteiger partial charge on any atom is -0.387 e. The molecule has 6 heteroatoms. The van der Waals surface area contributed by atoms with Crippen LogP contribution in [0.4, 0.5) is 0 Å². The second-order valence-corrected chi connectivity index (χ2v) is 7.50. The predicted octanol–water partition coefficient (Wildman–Crippen LogP) is 5.49. The van der Waals surface area contributed by atoms with Gasteiger partial charge in [-0.2, -0.15) is 0 Å². The zero-order valence-corrected chi connectivity index (χ0v) is 17.9. The van der Waals surface area contributed by atoms with Crippen molar-refractivity contribution in [1.82, 2.24) is 20.3 Å². The van der Waals surface area contributed by atoms with Crippen LogP contribution in [0, 0.1) is 0 Å². The summed E-state index contributed by atoms with van der Waals surface area (Å²) in [5.74, 6) is 1.07. The van der Waals surface area contributed by atoms with Crippen molar-refractivity contribution < 1.29 is 0 Å². The first kappa shape index (κ1) is 20.4. The molecule has 0 aliphatic carbocycles. The maximum Gasteiger partial charge on any atom is 0.178 e. The highest BCUT2D eigenvalue weighted by Gasteiger charge is 2.18. The Morgan fingerprint density at radius 3 is 2.82 bits per heavy atom. The van der Waals surface area contributed by atoms with E-state index in [0.29, 0.717) is 5.65 Å². The molecule has 144 valence electrons. The lowest BCUT2D eigenvalue weighted by atomic mass is 10.1. The number of fused-ring (bicyclic) bond motifs is 1. The Morgan fingerprint density at radius 1 is 1.29 bits per heavy atom. The van der Waals surface area contributed by atoms with E-state index in [1.165, 1.54) is 0 Å². The summed E-state index contributed by atoms with van der Waals surface area (Å²) in [6.07, 6.45) is 14.8. The van der Waals surface area contributed by atoms with E-state index in [9.17, 15) is 0 Å². The van der Waals surface area contributed by atoms with Crippen molar-refractivity contribution in [3.8, 4) is 0 Å². The van der Waals surface area contributed by atoms with Gasteiger partial charge in [0.15, 0.2) is 5.65 Å². The van der Waals surface area contributed by atoms with Crippen LogP contribution in [0.25, 0.3) is 26.5 Å². The van der Waals surface area contributed by atoms with Gasteiger partial charge >= 0.3 is 0 Å². The molecule has 1 N–H and O–H groups in total. The van der Waals surface area contributed by atoms with Gasteiger partial charge in [0.05, 0.1) is 0 Å². The molecule has 0 aromatic carbocycles. The van der Waals surface area contributed by atoms with Crippen molar-refractivity contribution in [2.75, 3.05) is 12.3 Å². The van der Waals surface area contributed by atoms with E-state index in [0.717, 1.165) is 56.6 Å². The van der Waals surface area contributed by atoms with Gasteiger partial charge in [0.25, 0.3) is 0 Å². The number of nitrogens with one attached hydrogen (secondary N) is 1. The second kappa shape index (κ2) is 9.75. The predicted molar refractivity (Wildman–Crippen MR) is 126 cm³/mol. The molecule has 4 rings (SSSR count). The van der Waals surface area contributed by atoms with Gasteiger partial charge in [-0.1, -0.05) is 38.7 Å². The summed E-state index contributed by atoms with van der Waals surface area (Å²) in [6, 6.07) is 2.06. The molecule has 0 saturated heterocycles. The van der Waals surface area contributed by atoms with Crippen LogP contribution in [0.2, 0.25) is 0 Å². The van der Waals surface area contributed by atoms with Crippen LogP contribution in [0.1, 0.15) is 37.2 Å². The molecule has 0 bridgehead atoms. The largest absolute Gasteiger partial charge is 0.387 e. The molecule has 28 heavy (non-hydrogen) atoms. The van der Waals surface area contributed by atoms with E-state index in [-0.39, 0.29) is 0 Å². The molecule has 0 saturated carbocycles. The molecule has 4 heterocycles. The maximum atomic E-state index is 4.91. The highest BCUT2D eigenvalue weighted by atomic mass is 32.2. The summed E-state index contributed by atoms with van der Waals surface area (Å²) in [7, 11) is 0. The average molecular weight is 409 g/mol. The standard InChI is InChI=1S/C20H18N4S2.C2H6/c1-2-4-16(25)18-19(17-5-3-10-26-17)23-15-11-14(12-22-20(15)24-18)13-6-8-21-9-7-13;1-2/h2,4-8,11-12,21,25H,1,3,9-10H2;1-2H3/b16-4-;. The van der Waals surface area contributed by atoms with Gasteiger partial charge in [-0.3, -0.25) is 0 Å². The Bertz CT molecular complexity index is 1000. The zero-order valence-electron chi connectivity index (χ0n) is 16.1. The van der Waals surface area contributed by atoms with E-state index >= 15 is 0 Å². The number of allylic oxidation sites excluding steroid dienone is 5. The van der Waals surface area contributed by atoms with E-state index < -0.39 is 0 Å². The van der Waals surface area contributed by atoms with Gasteiger partial charge in [-0.05, 0) is 36.4 Å². The van der Waals surface area contributed by atoms with Crippen LogP contribution in [0.15, 0.2) is 55.4 Å². The zero-order chi connectivity index (χ0) is 19.9. The average Bonchev–Trinajstić information content (AvgIpc) is 3.29. The first-order chi connectivity index (χ1) is 13.8. The molecule has 2 aromatic rings. The van der Waals surface area contributed by atoms with Crippen LogP contribution >= 0.6 is 24.4 Å². The van der Waals surface area contributed by atoms with E-state index in [1.54, 1.807) is 17.8 Å². The quantitative estimate of drug-likeness (QED) is 0.518. The van der Waals surface area contributed by atoms with Gasteiger partial charge in [-0.25, -0.2) is 15.0 Å². The molecule has 2 aliphatic rings. The summed E-state index contributed by atoms with van der Waals surface area (Å²) < 4.78 is 0. The Labute approximate surface area is 176 Å². The molecule has 0 unspecified atom stereocenters. The number of nitrogens with zero attached hydrogens (tertiary/aromatic N) is 3. The Balaban J connectivity index is 0.00000109. The lowest BCUT2D eigenvalue weighted by Gasteiger charge is -2.12. The highest BCUT2D eigenvalue weighted by molar-refractivity contribution is 8.08. The molecule has 0 spiro atoms. The number of dihydropyridines is 1. The maximum absolute atomic E-state index is 4.91. The number of aromatic nitrogens is 3. The van der Waals surface area contributed by atoms with E-state index in [4.69, 9.17) is 9.97 Å². The molecule has 0 amide bonds. The molecular formula is C22H24N4S2. The fourth-order valence-electron chi connectivity index (χ4n) is 2.90. The molecule has 2 aromatic heterocycles. The molecule has 2 aliphatic heterocycles. The number of hydrogen-bond donors (Lipinski definition) is 2. The lowest BCUT2D eigenvalue weighted by molar-refractivity contribution is 0.975. The summed E-state index contributed by atoms with van der Waals surface area (Å²) in [6.45, 7) is 8.57. The van der Waals surface area contributed by atoms with Crippen LogP contribution in [0.3, 0.4) is 0 Å². The van der Waals surface area contributed by atoms with E-state index in [1.807, 2.05) is 38.4 Å². The third-order valence-corrected chi connectivity index (χ3v) is 5.60. The second-order valence-electron chi connectivity index (χ2n) is 5.88. The van der Waals surface area contributed by atoms with Crippen molar-refractivity contribution >= 4 is 50.9 Å². The molecule has 0 radical (unpaired) electrons. The van der Waals surface area contributed by atoms with Crippen molar-refractivity contribution in [1.29, 1.82) is 0 Å². The fourth-order valence-corrected chi connectivity index (χ4v) is 4.13. The lowest BCUT2D eigenvalue weighted by Crippen LogP contribution is -2.08. The van der Waals surface area contributed by atoms with Crippen LogP contribution in [0.5, 0.6) is 0 Å². The van der Waals surface area contributed by atoms with Gasteiger partial charge in [-0.15, -0.1) is 24.4 Å². The summed E-state index contributed by atoms with van der Waals surface area (Å²) >= 11 is 6.40. The smallest absolute Gasteiger partial charge is 0.178 e. The molecule has 0 atom stereocenters. The monoisotopic (exact) mass is 408 g/mol. The van der Waals surface area contributed by atoms with Crippen molar-refractivity contribution in [3.63, 3.8) is 0 Å². The molecular weight excluding hydrogens is 384 g/mol. The summed E-state index contributed by atoms with van der Waals surface area (Å²) in [5, 5.41) is 3.16. The van der Waals surface area contributed by atoms with Crippen LogP contribution in [-0.2, 0) is 0 Å². The van der Waals surface area contributed by atoms with Gasteiger partial charge in [0.2, 0.25) is 0 Å². The molecule has 0 fully saturated rings. The number of hydrogen-bond acceptors (Lipinski definition) is 6. The number of rotatable bonds is 4. The molecule has 4 nitrogen and oxygen atoms in total. The van der Waals surface area contributed by atoms with Gasteiger partial charge < -0.3 is 5.32 Å². The summed E-state index contributed by atoms with van der Waals surface area (Å²) in [5.41, 5.74) is 5.23.